The number of carbonyl (C=O) groups excluding carboxylic acids is 2. The van der Waals surface area contributed by atoms with Gasteiger partial charge in [0, 0.05) is 28.9 Å². The first-order valence-corrected chi connectivity index (χ1v) is 14.0. The monoisotopic (exact) mass is 516 g/mol. The van der Waals surface area contributed by atoms with E-state index in [0.717, 1.165) is 59.1 Å². The predicted octanol–water partition coefficient (Wildman–Crippen LogP) is 6.48. The summed E-state index contributed by atoms with van der Waals surface area (Å²) in [5.41, 5.74) is 0.956. The van der Waals surface area contributed by atoms with Gasteiger partial charge in [-0.3, -0.25) is 9.59 Å². The Morgan fingerprint density at radius 1 is 1.14 bits per heavy atom. The van der Waals surface area contributed by atoms with Crippen LogP contribution >= 0.6 is 23.4 Å². The minimum absolute atomic E-state index is 0.00942. The molecule has 0 saturated heterocycles. The normalized spacial score (nSPS) is 14.8. The Hall–Kier alpha value is -2.18. The van der Waals surface area contributed by atoms with Crippen molar-refractivity contribution in [2.24, 2.45) is 0 Å². The van der Waals surface area contributed by atoms with E-state index in [1.807, 2.05) is 55.5 Å². The first-order valence-electron chi connectivity index (χ1n) is 12.6. The number of nitrogens with zero attached hydrogens (tertiary/aromatic N) is 1. The molecule has 0 bridgehead atoms. The molecule has 1 aliphatic rings. The van der Waals surface area contributed by atoms with Gasteiger partial charge >= 0.3 is 0 Å². The second kappa shape index (κ2) is 14.4. The van der Waals surface area contributed by atoms with E-state index >= 15 is 0 Å². The fourth-order valence-corrected chi connectivity index (χ4v) is 5.50. The van der Waals surface area contributed by atoms with Gasteiger partial charge in [0.05, 0.1) is 7.11 Å². The molecule has 0 spiro atoms. The first kappa shape index (κ1) is 27.4. The van der Waals surface area contributed by atoms with Crippen molar-refractivity contribution in [1.82, 2.24) is 10.2 Å². The van der Waals surface area contributed by atoms with Crippen molar-refractivity contribution in [3.63, 3.8) is 0 Å². The van der Waals surface area contributed by atoms with Crippen molar-refractivity contribution in [2.75, 3.05) is 12.9 Å². The number of amides is 2. The molecule has 35 heavy (non-hydrogen) atoms. The first-order chi connectivity index (χ1) is 17.0. The molecule has 190 valence electrons. The Morgan fingerprint density at radius 2 is 1.89 bits per heavy atom. The summed E-state index contributed by atoms with van der Waals surface area (Å²) in [6, 6.07) is 15.2. The van der Waals surface area contributed by atoms with Crippen LogP contribution in [0, 0.1) is 0 Å². The van der Waals surface area contributed by atoms with Crippen molar-refractivity contribution >= 4 is 35.2 Å². The van der Waals surface area contributed by atoms with E-state index in [2.05, 4.69) is 5.32 Å². The molecule has 5 nitrogen and oxygen atoms in total. The van der Waals surface area contributed by atoms with Gasteiger partial charge in [0.25, 0.3) is 0 Å². The maximum Gasteiger partial charge on any atom is 0.243 e. The molecule has 1 fully saturated rings. The van der Waals surface area contributed by atoms with Gasteiger partial charge in [-0.15, -0.1) is 11.8 Å². The number of nitrogens with one attached hydrogen (secondary N) is 1. The molecule has 2 aromatic rings. The summed E-state index contributed by atoms with van der Waals surface area (Å²) in [5, 5.41) is 3.95. The number of benzene rings is 2. The maximum absolute atomic E-state index is 13.4. The van der Waals surface area contributed by atoms with E-state index in [9.17, 15) is 9.59 Å². The van der Waals surface area contributed by atoms with E-state index < -0.39 is 6.04 Å². The highest BCUT2D eigenvalue weighted by molar-refractivity contribution is 7.99. The Bertz CT molecular complexity index is 947. The summed E-state index contributed by atoms with van der Waals surface area (Å²) in [5.74, 6) is 1.54. The number of rotatable bonds is 12. The van der Waals surface area contributed by atoms with Crippen LogP contribution in [-0.4, -0.2) is 41.7 Å². The number of ether oxygens (including phenoxy) is 1. The van der Waals surface area contributed by atoms with Crippen LogP contribution < -0.4 is 10.1 Å². The van der Waals surface area contributed by atoms with Gasteiger partial charge in [0.15, 0.2) is 0 Å². The van der Waals surface area contributed by atoms with E-state index in [-0.39, 0.29) is 17.9 Å². The van der Waals surface area contributed by atoms with Gasteiger partial charge < -0.3 is 15.0 Å². The molecule has 1 aliphatic carbocycles. The topological polar surface area (TPSA) is 58.6 Å². The molecule has 0 heterocycles. The molecule has 2 amide bonds. The van der Waals surface area contributed by atoms with Crippen molar-refractivity contribution < 1.29 is 14.3 Å². The second-order valence-corrected chi connectivity index (χ2v) is 10.7. The number of thioether (sulfide) groups is 1. The van der Waals surface area contributed by atoms with Crippen molar-refractivity contribution in [3.8, 4) is 5.75 Å². The molecular formula is C28H37ClN2O3S. The molecule has 1 atom stereocenters. The van der Waals surface area contributed by atoms with Crippen LogP contribution in [0.1, 0.15) is 63.9 Å². The van der Waals surface area contributed by atoms with Gasteiger partial charge in [-0.25, -0.2) is 0 Å². The molecule has 0 aliphatic heterocycles. The Morgan fingerprint density at radius 3 is 2.57 bits per heavy atom. The summed E-state index contributed by atoms with van der Waals surface area (Å²) in [7, 11) is 1.63. The lowest BCUT2D eigenvalue weighted by Gasteiger charge is -2.33. The van der Waals surface area contributed by atoms with Gasteiger partial charge in [-0.2, -0.15) is 0 Å². The van der Waals surface area contributed by atoms with Crippen LogP contribution in [-0.2, 0) is 16.1 Å². The Balaban J connectivity index is 1.66. The average molecular weight is 517 g/mol. The quantitative estimate of drug-likeness (QED) is 0.259. The number of halogens is 1. The van der Waals surface area contributed by atoms with Crippen molar-refractivity contribution in [3.05, 3.63) is 59.1 Å². The molecule has 3 rings (SSSR count). The minimum Gasteiger partial charge on any atom is -0.497 e. The van der Waals surface area contributed by atoms with Crippen LogP contribution in [0.2, 0.25) is 5.02 Å². The SMILES string of the molecule is CCC(C(=O)NC1CCCCC1)N(Cc1cccc(OC)c1)C(=O)CCCSc1ccc(Cl)cc1. The van der Waals surface area contributed by atoms with Crippen molar-refractivity contribution in [1.29, 1.82) is 0 Å². The van der Waals surface area contributed by atoms with Gasteiger partial charge in [-0.1, -0.05) is 49.9 Å². The van der Waals surface area contributed by atoms with Crippen LogP contribution in [0.25, 0.3) is 0 Å². The molecule has 7 heteroatoms. The van der Waals surface area contributed by atoms with Crippen LogP contribution in [0.15, 0.2) is 53.4 Å². The molecule has 1 N–H and O–H groups in total. The van der Waals surface area contributed by atoms with E-state index in [0.29, 0.717) is 19.4 Å². The van der Waals surface area contributed by atoms with Gasteiger partial charge in [0.2, 0.25) is 11.8 Å². The number of hydrogen-bond acceptors (Lipinski definition) is 4. The predicted molar refractivity (Wildman–Crippen MR) is 144 cm³/mol. The molecule has 2 aromatic carbocycles. The fraction of sp³-hybridized carbons (Fsp3) is 0.500. The van der Waals surface area contributed by atoms with Crippen LogP contribution in [0.4, 0.5) is 0 Å². The number of hydrogen-bond donors (Lipinski definition) is 1. The summed E-state index contributed by atoms with van der Waals surface area (Å²) >= 11 is 7.68. The largest absolute Gasteiger partial charge is 0.497 e. The lowest BCUT2D eigenvalue weighted by molar-refractivity contribution is -0.141. The second-order valence-electron chi connectivity index (χ2n) is 9.05. The lowest BCUT2D eigenvalue weighted by atomic mass is 9.95. The summed E-state index contributed by atoms with van der Waals surface area (Å²) in [6.45, 7) is 2.37. The molecule has 0 aromatic heterocycles. The fourth-order valence-electron chi connectivity index (χ4n) is 4.52. The zero-order chi connectivity index (χ0) is 25.0. The summed E-state index contributed by atoms with van der Waals surface area (Å²) in [6.07, 6.45) is 7.30. The number of carbonyl (C=O) groups is 2. The zero-order valence-electron chi connectivity index (χ0n) is 20.8. The molecule has 0 radical (unpaired) electrons. The molecular weight excluding hydrogens is 480 g/mol. The molecule has 1 saturated carbocycles. The average Bonchev–Trinajstić information content (AvgIpc) is 2.88. The third kappa shape index (κ3) is 8.76. The van der Waals surface area contributed by atoms with Crippen LogP contribution in [0.5, 0.6) is 5.75 Å². The Labute approximate surface area is 218 Å². The third-order valence-corrected chi connectivity index (χ3v) is 7.79. The standard InChI is InChI=1S/C28H37ClN2O3S/c1-3-26(28(33)30-23-10-5-4-6-11-23)31(20-21-9-7-12-24(19-21)34-2)27(32)13-8-18-35-25-16-14-22(29)15-17-25/h7,9,12,14-17,19,23,26H,3-6,8,10-11,13,18,20H2,1-2H3,(H,30,33). The molecule has 1 unspecified atom stereocenters. The van der Waals surface area contributed by atoms with Gasteiger partial charge in [-0.05, 0) is 73.4 Å². The Kier molecular flexibility index (Phi) is 11.3. The highest BCUT2D eigenvalue weighted by Gasteiger charge is 2.30. The summed E-state index contributed by atoms with van der Waals surface area (Å²) < 4.78 is 5.37. The van der Waals surface area contributed by atoms with Crippen LogP contribution in [0.3, 0.4) is 0 Å². The van der Waals surface area contributed by atoms with E-state index in [1.54, 1.807) is 23.8 Å². The minimum atomic E-state index is -0.487. The smallest absolute Gasteiger partial charge is 0.243 e. The zero-order valence-corrected chi connectivity index (χ0v) is 22.4. The van der Waals surface area contributed by atoms with Crippen molar-refractivity contribution in [2.45, 2.75) is 81.8 Å². The maximum atomic E-state index is 13.4. The number of methoxy groups -OCH3 is 1. The highest BCUT2D eigenvalue weighted by atomic mass is 35.5. The van der Waals surface area contributed by atoms with E-state index in [1.165, 1.54) is 6.42 Å². The highest BCUT2D eigenvalue weighted by Crippen LogP contribution is 2.23. The van der Waals surface area contributed by atoms with E-state index in [4.69, 9.17) is 16.3 Å². The lowest BCUT2D eigenvalue weighted by Crippen LogP contribution is -2.51. The third-order valence-electron chi connectivity index (χ3n) is 6.44. The van der Waals surface area contributed by atoms with Gasteiger partial charge in [0.1, 0.15) is 11.8 Å². The summed E-state index contributed by atoms with van der Waals surface area (Å²) in [4.78, 5) is 29.6.